The number of anilines is 1. The first-order chi connectivity index (χ1) is 7.59. The van der Waals surface area contributed by atoms with E-state index in [4.69, 9.17) is 13.3 Å². The van der Waals surface area contributed by atoms with Crippen molar-refractivity contribution in [3.8, 4) is 0 Å². The summed E-state index contributed by atoms with van der Waals surface area (Å²) >= 11 is 0. The molecule has 4 nitrogen and oxygen atoms in total. The molecule has 0 N–H and O–H groups in total. The highest BCUT2D eigenvalue weighted by Gasteiger charge is 2.40. The highest BCUT2D eigenvalue weighted by atomic mass is 28.4. The van der Waals surface area contributed by atoms with Crippen molar-refractivity contribution >= 4 is 19.7 Å². The third-order valence-corrected chi connectivity index (χ3v) is 5.20. The standard InChI is InChI=1S/C11H19NO3Si/c1-12(2)10-6-8-11(9-7-10)16(13-3,14-4)15-5/h6-9H,1-5H3. The van der Waals surface area contributed by atoms with Crippen LogP contribution in [0.2, 0.25) is 0 Å². The lowest BCUT2D eigenvalue weighted by molar-refractivity contribution is 0.140. The Morgan fingerprint density at radius 2 is 1.31 bits per heavy atom. The Kier molecular flexibility index (Phi) is 4.49. The van der Waals surface area contributed by atoms with Crippen molar-refractivity contribution in [2.75, 3.05) is 40.3 Å². The third-order valence-electron chi connectivity index (χ3n) is 2.54. The predicted molar refractivity (Wildman–Crippen MR) is 67.2 cm³/mol. The number of hydrogen-bond acceptors (Lipinski definition) is 4. The van der Waals surface area contributed by atoms with Crippen LogP contribution in [0.4, 0.5) is 5.69 Å². The maximum absolute atomic E-state index is 5.40. The predicted octanol–water partition coefficient (Wildman–Crippen LogP) is 0.838. The summed E-state index contributed by atoms with van der Waals surface area (Å²) in [6.07, 6.45) is 0. The van der Waals surface area contributed by atoms with E-state index in [1.165, 1.54) is 0 Å². The molecule has 0 aliphatic carbocycles. The summed E-state index contributed by atoms with van der Waals surface area (Å²) in [5.41, 5.74) is 1.13. The lowest BCUT2D eigenvalue weighted by Crippen LogP contribution is -2.54. The monoisotopic (exact) mass is 241 g/mol. The molecule has 0 saturated heterocycles. The first-order valence-corrected chi connectivity index (χ1v) is 6.75. The van der Waals surface area contributed by atoms with E-state index < -0.39 is 8.80 Å². The van der Waals surface area contributed by atoms with E-state index in [2.05, 4.69) is 0 Å². The van der Waals surface area contributed by atoms with Crippen LogP contribution in [0.25, 0.3) is 0 Å². The second-order valence-corrected chi connectivity index (χ2v) is 6.52. The topological polar surface area (TPSA) is 30.9 Å². The number of rotatable bonds is 5. The number of nitrogens with zero attached hydrogens (tertiary/aromatic N) is 1. The van der Waals surface area contributed by atoms with Gasteiger partial charge in [0.25, 0.3) is 0 Å². The van der Waals surface area contributed by atoms with E-state index in [1.54, 1.807) is 21.3 Å². The molecule has 0 unspecified atom stereocenters. The minimum absolute atomic E-state index is 0.964. The highest BCUT2D eigenvalue weighted by Crippen LogP contribution is 2.12. The van der Waals surface area contributed by atoms with Crippen molar-refractivity contribution in [1.82, 2.24) is 0 Å². The maximum atomic E-state index is 5.40. The first kappa shape index (κ1) is 13.2. The van der Waals surface area contributed by atoms with Gasteiger partial charge in [0.15, 0.2) is 0 Å². The maximum Gasteiger partial charge on any atom is 0.536 e. The molecule has 0 atom stereocenters. The minimum Gasteiger partial charge on any atom is -0.378 e. The first-order valence-electron chi connectivity index (χ1n) is 5.03. The Balaban J connectivity index is 3.03. The molecule has 5 heteroatoms. The summed E-state index contributed by atoms with van der Waals surface area (Å²) in [4.78, 5) is 2.04. The summed E-state index contributed by atoms with van der Waals surface area (Å²) in [7, 11) is 6.17. The van der Waals surface area contributed by atoms with Crippen molar-refractivity contribution in [3.63, 3.8) is 0 Å². The van der Waals surface area contributed by atoms with Crippen LogP contribution in [0.3, 0.4) is 0 Å². The SMILES string of the molecule is CO[Si](OC)(OC)c1ccc(N(C)C)cc1. The van der Waals surface area contributed by atoms with Gasteiger partial charge in [-0.2, -0.15) is 0 Å². The van der Waals surface area contributed by atoms with Crippen LogP contribution in [0.1, 0.15) is 0 Å². The number of hydrogen-bond donors (Lipinski definition) is 0. The van der Waals surface area contributed by atoms with Crippen molar-refractivity contribution in [2.45, 2.75) is 0 Å². The molecule has 0 saturated carbocycles. The summed E-state index contributed by atoms with van der Waals surface area (Å²) < 4.78 is 16.2. The fraction of sp³-hybridized carbons (Fsp3) is 0.455. The molecule has 0 spiro atoms. The van der Waals surface area contributed by atoms with E-state index in [1.807, 2.05) is 43.3 Å². The van der Waals surface area contributed by atoms with Crippen LogP contribution in [0.5, 0.6) is 0 Å². The van der Waals surface area contributed by atoms with Crippen LogP contribution < -0.4 is 10.1 Å². The van der Waals surface area contributed by atoms with Gasteiger partial charge in [0.05, 0.1) is 0 Å². The summed E-state index contributed by atoms with van der Waals surface area (Å²) in [5, 5.41) is 0.964. The Morgan fingerprint density at radius 1 is 0.875 bits per heavy atom. The van der Waals surface area contributed by atoms with Crippen LogP contribution in [-0.4, -0.2) is 44.2 Å². The number of benzene rings is 1. The molecular weight excluding hydrogens is 222 g/mol. The van der Waals surface area contributed by atoms with Gasteiger partial charge in [0.1, 0.15) is 0 Å². The Labute approximate surface area is 98.1 Å². The zero-order chi connectivity index (χ0) is 12.2. The van der Waals surface area contributed by atoms with E-state index in [-0.39, 0.29) is 0 Å². The van der Waals surface area contributed by atoms with Crippen LogP contribution in [0, 0.1) is 0 Å². The molecule has 0 aliphatic rings. The Hall–Kier alpha value is -0.883. The molecule has 0 fully saturated rings. The fourth-order valence-electron chi connectivity index (χ4n) is 1.57. The normalized spacial score (nSPS) is 11.6. The fourth-order valence-corrected chi connectivity index (χ4v) is 3.35. The zero-order valence-electron chi connectivity index (χ0n) is 10.5. The largest absolute Gasteiger partial charge is 0.536 e. The van der Waals surface area contributed by atoms with E-state index in [0.717, 1.165) is 10.9 Å². The lowest BCUT2D eigenvalue weighted by atomic mass is 10.3. The average molecular weight is 241 g/mol. The quantitative estimate of drug-likeness (QED) is 0.715. The van der Waals surface area contributed by atoms with Gasteiger partial charge >= 0.3 is 8.80 Å². The smallest absolute Gasteiger partial charge is 0.378 e. The van der Waals surface area contributed by atoms with Gasteiger partial charge in [-0.05, 0) is 12.1 Å². The van der Waals surface area contributed by atoms with Crippen LogP contribution >= 0.6 is 0 Å². The van der Waals surface area contributed by atoms with Gasteiger partial charge in [0, 0.05) is 46.3 Å². The second kappa shape index (κ2) is 5.45. The molecule has 1 aromatic rings. The van der Waals surface area contributed by atoms with Gasteiger partial charge in [-0.1, -0.05) is 12.1 Å². The molecule has 0 amide bonds. The van der Waals surface area contributed by atoms with E-state index in [0.29, 0.717) is 0 Å². The van der Waals surface area contributed by atoms with Crippen molar-refractivity contribution in [2.24, 2.45) is 0 Å². The molecule has 1 rings (SSSR count). The molecule has 1 aromatic carbocycles. The third kappa shape index (κ3) is 2.44. The van der Waals surface area contributed by atoms with E-state index in [9.17, 15) is 0 Å². The minimum atomic E-state index is -2.67. The summed E-state index contributed by atoms with van der Waals surface area (Å²) in [6, 6.07) is 8.01. The molecule has 0 heterocycles. The molecule has 0 bridgehead atoms. The Morgan fingerprint density at radius 3 is 1.62 bits per heavy atom. The molecule has 0 radical (unpaired) electrons. The van der Waals surface area contributed by atoms with Crippen LogP contribution in [-0.2, 0) is 13.3 Å². The second-order valence-electron chi connectivity index (χ2n) is 3.61. The van der Waals surface area contributed by atoms with Gasteiger partial charge < -0.3 is 18.2 Å². The molecule has 90 valence electrons. The van der Waals surface area contributed by atoms with Crippen molar-refractivity contribution < 1.29 is 13.3 Å². The van der Waals surface area contributed by atoms with Crippen molar-refractivity contribution in [3.05, 3.63) is 24.3 Å². The molecule has 0 aliphatic heterocycles. The van der Waals surface area contributed by atoms with Crippen LogP contribution in [0.15, 0.2) is 24.3 Å². The molecule has 0 aromatic heterocycles. The van der Waals surface area contributed by atoms with Gasteiger partial charge in [-0.25, -0.2) is 0 Å². The summed E-state index contributed by atoms with van der Waals surface area (Å²) in [5.74, 6) is 0. The zero-order valence-corrected chi connectivity index (χ0v) is 11.5. The molecule has 16 heavy (non-hydrogen) atoms. The van der Waals surface area contributed by atoms with Crippen molar-refractivity contribution in [1.29, 1.82) is 0 Å². The Bertz CT molecular complexity index is 314. The van der Waals surface area contributed by atoms with E-state index >= 15 is 0 Å². The average Bonchev–Trinajstić information content (AvgIpc) is 2.33. The van der Waals surface area contributed by atoms with Gasteiger partial charge in [-0.3, -0.25) is 0 Å². The highest BCUT2D eigenvalue weighted by molar-refractivity contribution is 6.75. The summed E-state index contributed by atoms with van der Waals surface area (Å²) in [6.45, 7) is 0. The van der Waals surface area contributed by atoms with Gasteiger partial charge in [-0.15, -0.1) is 0 Å². The van der Waals surface area contributed by atoms with Gasteiger partial charge in [0.2, 0.25) is 0 Å². The molecular formula is C11H19NO3Si. The lowest BCUT2D eigenvalue weighted by Gasteiger charge is -2.25.